The fourth-order valence-electron chi connectivity index (χ4n) is 9.31. The molecule has 3 nitrogen and oxygen atoms in total. The molecule has 2 aromatic heterocycles. The Labute approximate surface area is 328 Å². The van der Waals surface area contributed by atoms with Gasteiger partial charge in [-0.3, -0.25) is 0 Å². The molecule has 0 unspecified atom stereocenters. The molecule has 0 N–H and O–H groups in total. The summed E-state index contributed by atoms with van der Waals surface area (Å²) in [5.41, 5.74) is 15.2. The van der Waals surface area contributed by atoms with Gasteiger partial charge in [0.2, 0.25) is 0 Å². The lowest BCUT2D eigenvalue weighted by Crippen LogP contribution is -2.25. The summed E-state index contributed by atoms with van der Waals surface area (Å²) in [7, 11) is 0. The first kappa shape index (κ1) is 31.4. The van der Waals surface area contributed by atoms with Crippen molar-refractivity contribution in [3.8, 4) is 67.5 Å². The van der Waals surface area contributed by atoms with E-state index < -0.39 is 0 Å². The predicted octanol–water partition coefficient (Wildman–Crippen LogP) is 13.3. The highest BCUT2D eigenvalue weighted by molar-refractivity contribution is 7.25. The fourth-order valence-corrected chi connectivity index (χ4v) is 10.4. The van der Waals surface area contributed by atoms with E-state index in [4.69, 9.17) is 15.0 Å². The zero-order valence-corrected chi connectivity index (χ0v) is 31.0. The number of hydrogen-bond donors (Lipinski definition) is 0. The third-order valence-electron chi connectivity index (χ3n) is 11.8. The number of benzene rings is 8. The molecule has 2 aliphatic carbocycles. The molecule has 0 bridgehead atoms. The Bertz CT molecular complexity index is 3150. The molecule has 12 rings (SSSR count). The van der Waals surface area contributed by atoms with Crippen molar-refractivity contribution in [3.05, 3.63) is 210 Å². The molecule has 0 amide bonds. The van der Waals surface area contributed by atoms with E-state index in [1.807, 2.05) is 29.5 Å². The summed E-state index contributed by atoms with van der Waals surface area (Å²) in [5.74, 6) is 1.96. The second kappa shape index (κ2) is 12.0. The van der Waals surface area contributed by atoms with Gasteiger partial charge in [-0.25, -0.2) is 15.0 Å². The van der Waals surface area contributed by atoms with Gasteiger partial charge in [0.05, 0.1) is 5.41 Å². The van der Waals surface area contributed by atoms with Gasteiger partial charge < -0.3 is 0 Å². The number of fused-ring (bicyclic) bond motifs is 13. The highest BCUT2D eigenvalue weighted by Crippen LogP contribution is 2.62. The van der Waals surface area contributed by atoms with Crippen molar-refractivity contribution in [2.45, 2.75) is 5.41 Å². The summed E-state index contributed by atoms with van der Waals surface area (Å²) in [6, 6.07) is 67.8. The van der Waals surface area contributed by atoms with Crippen LogP contribution in [-0.2, 0) is 5.41 Å². The van der Waals surface area contributed by atoms with Crippen LogP contribution in [-0.4, -0.2) is 15.0 Å². The zero-order chi connectivity index (χ0) is 36.8. The number of nitrogens with zero attached hydrogens (tertiary/aromatic N) is 3. The summed E-state index contributed by atoms with van der Waals surface area (Å²) in [6.07, 6.45) is 0. The largest absolute Gasteiger partial charge is 0.208 e. The number of thiophene rings is 1. The highest BCUT2D eigenvalue weighted by Gasteiger charge is 2.51. The molecule has 260 valence electrons. The lowest BCUT2D eigenvalue weighted by atomic mass is 9.70. The third kappa shape index (κ3) is 4.48. The molecule has 8 aromatic carbocycles. The van der Waals surface area contributed by atoms with E-state index in [1.165, 1.54) is 70.2 Å². The van der Waals surface area contributed by atoms with Gasteiger partial charge in [-0.05, 0) is 79.9 Å². The van der Waals surface area contributed by atoms with Crippen molar-refractivity contribution in [1.82, 2.24) is 15.0 Å². The Kier molecular flexibility index (Phi) is 6.72. The lowest BCUT2D eigenvalue weighted by Gasteiger charge is -2.30. The minimum Gasteiger partial charge on any atom is -0.208 e. The first-order valence-corrected chi connectivity index (χ1v) is 19.8. The molecule has 0 saturated carbocycles. The maximum absolute atomic E-state index is 5.19. The van der Waals surface area contributed by atoms with Crippen LogP contribution in [0.3, 0.4) is 0 Å². The van der Waals surface area contributed by atoms with E-state index in [0.29, 0.717) is 17.5 Å². The van der Waals surface area contributed by atoms with Crippen LogP contribution in [0.1, 0.15) is 22.3 Å². The lowest BCUT2D eigenvalue weighted by molar-refractivity contribution is 0.794. The van der Waals surface area contributed by atoms with Gasteiger partial charge in [-0.1, -0.05) is 164 Å². The molecular weight excluding hydrogens is 699 g/mol. The first-order chi connectivity index (χ1) is 27.7. The highest BCUT2D eigenvalue weighted by atomic mass is 32.1. The monoisotopic (exact) mass is 729 g/mol. The average Bonchev–Trinajstić information content (AvgIpc) is 3.90. The summed E-state index contributed by atoms with van der Waals surface area (Å²) < 4.78 is 2.62. The second-order valence-electron chi connectivity index (χ2n) is 14.7. The molecule has 0 saturated heterocycles. The van der Waals surface area contributed by atoms with Crippen molar-refractivity contribution in [1.29, 1.82) is 0 Å². The summed E-state index contributed by atoms with van der Waals surface area (Å²) in [4.78, 5) is 15.4. The molecule has 0 aliphatic heterocycles. The van der Waals surface area contributed by atoms with Gasteiger partial charge in [0.15, 0.2) is 17.5 Å². The number of hydrogen-bond acceptors (Lipinski definition) is 4. The van der Waals surface area contributed by atoms with Crippen molar-refractivity contribution < 1.29 is 0 Å². The summed E-state index contributed by atoms with van der Waals surface area (Å²) in [6.45, 7) is 0. The standard InChI is InChI=1S/C52H31N3S/c1-2-12-33(13-3-1)49-53-50(34-24-22-32(23-25-34)35-27-29-48-42(30-35)40-17-7-11-21-47(40)56-48)55-51(54-49)36-26-28-46-41(31-36)39-16-6-10-20-45(39)52(46)43-18-8-4-14-37(43)38-15-5-9-19-44(38)52/h1-31H. The van der Waals surface area contributed by atoms with Crippen LogP contribution in [0.2, 0.25) is 0 Å². The van der Waals surface area contributed by atoms with Gasteiger partial charge in [-0.15, -0.1) is 11.3 Å². The molecule has 0 fully saturated rings. The van der Waals surface area contributed by atoms with Gasteiger partial charge >= 0.3 is 0 Å². The van der Waals surface area contributed by atoms with Crippen LogP contribution in [0, 0.1) is 0 Å². The number of rotatable bonds is 4. The normalized spacial score (nSPS) is 13.1. The van der Waals surface area contributed by atoms with E-state index in [9.17, 15) is 0 Å². The van der Waals surface area contributed by atoms with Gasteiger partial charge in [0, 0.05) is 36.9 Å². The van der Waals surface area contributed by atoms with Crippen molar-refractivity contribution in [2.75, 3.05) is 0 Å². The summed E-state index contributed by atoms with van der Waals surface area (Å²) >= 11 is 1.84. The maximum atomic E-state index is 5.19. The van der Waals surface area contributed by atoms with Crippen LogP contribution >= 0.6 is 11.3 Å². The van der Waals surface area contributed by atoms with Crippen LogP contribution in [0.15, 0.2) is 188 Å². The Morgan fingerprint density at radius 1 is 0.304 bits per heavy atom. The zero-order valence-electron chi connectivity index (χ0n) is 30.1. The SMILES string of the molecule is c1ccc(-c2nc(-c3ccc(-c4ccc5sc6ccccc6c5c4)cc3)nc(-c3ccc4c(c3)-c3ccccc3C43c4ccccc4-c4ccccc43)n2)cc1. The average molecular weight is 730 g/mol. The quantitative estimate of drug-likeness (QED) is 0.181. The molecule has 2 heterocycles. The second-order valence-corrected chi connectivity index (χ2v) is 15.8. The van der Waals surface area contributed by atoms with Crippen molar-refractivity contribution >= 4 is 31.5 Å². The van der Waals surface area contributed by atoms with Gasteiger partial charge in [0.1, 0.15) is 0 Å². The third-order valence-corrected chi connectivity index (χ3v) is 12.9. The van der Waals surface area contributed by atoms with Gasteiger partial charge in [0.25, 0.3) is 0 Å². The van der Waals surface area contributed by atoms with Crippen molar-refractivity contribution in [3.63, 3.8) is 0 Å². The molecular formula is C52H31N3S. The summed E-state index contributed by atoms with van der Waals surface area (Å²) in [5, 5.41) is 2.60. The molecule has 2 aliphatic rings. The van der Waals surface area contributed by atoms with E-state index in [0.717, 1.165) is 22.3 Å². The van der Waals surface area contributed by atoms with Crippen LogP contribution in [0.4, 0.5) is 0 Å². The Hall–Kier alpha value is -7.01. The van der Waals surface area contributed by atoms with Gasteiger partial charge in [-0.2, -0.15) is 0 Å². The first-order valence-electron chi connectivity index (χ1n) is 19.0. The van der Waals surface area contributed by atoms with E-state index >= 15 is 0 Å². The van der Waals surface area contributed by atoms with Crippen molar-refractivity contribution in [2.24, 2.45) is 0 Å². The molecule has 1 spiro atoms. The van der Waals surface area contributed by atoms with Crippen LogP contribution < -0.4 is 0 Å². The van der Waals surface area contributed by atoms with E-state index in [2.05, 4.69) is 170 Å². The molecule has 10 aromatic rings. The molecule has 0 radical (unpaired) electrons. The molecule has 0 atom stereocenters. The van der Waals surface area contributed by atoms with Crippen LogP contribution in [0.25, 0.3) is 87.7 Å². The fraction of sp³-hybridized carbons (Fsp3) is 0.0192. The Morgan fingerprint density at radius 2 is 0.768 bits per heavy atom. The van der Waals surface area contributed by atoms with Crippen LogP contribution in [0.5, 0.6) is 0 Å². The minimum atomic E-state index is -0.389. The molecule has 56 heavy (non-hydrogen) atoms. The maximum Gasteiger partial charge on any atom is 0.164 e. The predicted molar refractivity (Wildman–Crippen MR) is 231 cm³/mol. The molecule has 4 heteroatoms. The smallest absolute Gasteiger partial charge is 0.164 e. The Morgan fingerprint density at radius 3 is 1.45 bits per heavy atom. The van der Waals surface area contributed by atoms with E-state index in [-0.39, 0.29) is 5.41 Å². The Balaban J connectivity index is 0.995. The topological polar surface area (TPSA) is 38.7 Å². The van der Waals surface area contributed by atoms with E-state index in [1.54, 1.807) is 0 Å². The minimum absolute atomic E-state index is 0.389. The number of aromatic nitrogens is 3.